The van der Waals surface area contributed by atoms with Crippen molar-refractivity contribution in [1.82, 2.24) is 0 Å². The summed E-state index contributed by atoms with van der Waals surface area (Å²) in [6.45, 7) is 3.34. The van der Waals surface area contributed by atoms with Gasteiger partial charge in [-0.2, -0.15) is 0 Å². The van der Waals surface area contributed by atoms with E-state index in [2.05, 4.69) is 43.3 Å². The Morgan fingerprint density at radius 1 is 1.06 bits per heavy atom. The minimum atomic E-state index is -0.293. The molecule has 1 nitrogen and oxygen atoms in total. The van der Waals surface area contributed by atoms with Crippen LogP contribution >= 0.6 is 11.6 Å². The zero-order valence-corrected chi connectivity index (χ0v) is 9.92. The lowest BCUT2D eigenvalue weighted by molar-refractivity contribution is -0.0151. The van der Waals surface area contributed by atoms with Crippen LogP contribution in [0.15, 0.2) is 36.4 Å². The molecule has 0 unspecified atom stereocenters. The third-order valence-electron chi connectivity index (χ3n) is 3.17. The number of fused-ring (bicyclic) bond motifs is 1. The van der Waals surface area contributed by atoms with Crippen LogP contribution < -0.4 is 0 Å². The first-order chi connectivity index (χ1) is 7.67. The van der Waals surface area contributed by atoms with Gasteiger partial charge in [0, 0.05) is 0 Å². The molecule has 16 heavy (non-hydrogen) atoms. The van der Waals surface area contributed by atoms with Crippen molar-refractivity contribution in [2.45, 2.75) is 11.8 Å². The fraction of sp³-hybridized carbons (Fsp3) is 0.286. The van der Waals surface area contributed by atoms with Crippen LogP contribution in [0.3, 0.4) is 0 Å². The van der Waals surface area contributed by atoms with E-state index in [9.17, 15) is 0 Å². The molecule has 2 aromatic rings. The molecule has 0 saturated carbocycles. The molecular formula is C14H13ClO. The number of ether oxygens (including phenoxy) is 1. The Hall–Kier alpha value is -1.05. The van der Waals surface area contributed by atoms with Gasteiger partial charge in [-0.05, 0) is 29.3 Å². The van der Waals surface area contributed by atoms with Crippen molar-refractivity contribution in [3.63, 3.8) is 0 Å². The molecule has 2 heteroatoms. The van der Waals surface area contributed by atoms with E-state index in [1.54, 1.807) is 0 Å². The first-order valence-electron chi connectivity index (χ1n) is 5.45. The smallest absolute Gasteiger partial charge is 0.116 e. The van der Waals surface area contributed by atoms with Crippen LogP contribution in [0, 0.1) is 6.92 Å². The zero-order valence-electron chi connectivity index (χ0n) is 9.16. The second kappa shape index (κ2) is 3.47. The Bertz CT molecular complexity index is 543. The first kappa shape index (κ1) is 10.1. The summed E-state index contributed by atoms with van der Waals surface area (Å²) >= 11 is 6.44. The SMILES string of the molecule is Cc1ccc2cc(C3(Cl)COC3)ccc2c1. The molecule has 0 bridgehead atoms. The van der Waals surface area contributed by atoms with Crippen molar-refractivity contribution in [3.8, 4) is 0 Å². The third-order valence-corrected chi connectivity index (χ3v) is 3.61. The van der Waals surface area contributed by atoms with Crippen LogP contribution in [0.5, 0.6) is 0 Å². The molecule has 0 N–H and O–H groups in total. The average molecular weight is 233 g/mol. The van der Waals surface area contributed by atoms with Gasteiger partial charge >= 0.3 is 0 Å². The van der Waals surface area contributed by atoms with Gasteiger partial charge in [0.15, 0.2) is 0 Å². The quantitative estimate of drug-likeness (QED) is 0.683. The van der Waals surface area contributed by atoms with E-state index in [4.69, 9.17) is 16.3 Å². The van der Waals surface area contributed by atoms with Gasteiger partial charge in [0.25, 0.3) is 0 Å². The van der Waals surface area contributed by atoms with E-state index in [1.807, 2.05) is 0 Å². The Morgan fingerprint density at radius 2 is 1.75 bits per heavy atom. The summed E-state index contributed by atoms with van der Waals surface area (Å²) in [7, 11) is 0. The number of aryl methyl sites for hydroxylation is 1. The van der Waals surface area contributed by atoms with E-state index in [1.165, 1.54) is 16.3 Å². The lowest BCUT2D eigenvalue weighted by Gasteiger charge is -2.36. The Balaban J connectivity index is 2.12. The highest BCUT2D eigenvalue weighted by atomic mass is 35.5. The second-order valence-corrected chi connectivity index (χ2v) is 5.25. The maximum atomic E-state index is 6.44. The molecular weight excluding hydrogens is 220 g/mol. The topological polar surface area (TPSA) is 9.23 Å². The average Bonchev–Trinajstić information content (AvgIpc) is 2.25. The predicted molar refractivity (Wildman–Crippen MR) is 67.0 cm³/mol. The van der Waals surface area contributed by atoms with Gasteiger partial charge in [-0.15, -0.1) is 11.6 Å². The summed E-state index contributed by atoms with van der Waals surface area (Å²) in [4.78, 5) is -0.293. The van der Waals surface area contributed by atoms with Gasteiger partial charge < -0.3 is 4.74 Å². The van der Waals surface area contributed by atoms with Crippen molar-refractivity contribution in [2.24, 2.45) is 0 Å². The Labute approximate surface area is 100.0 Å². The van der Waals surface area contributed by atoms with E-state index < -0.39 is 0 Å². The lowest BCUT2D eigenvalue weighted by Crippen LogP contribution is -2.41. The molecule has 1 saturated heterocycles. The van der Waals surface area contributed by atoms with Crippen LogP contribution in [0.1, 0.15) is 11.1 Å². The van der Waals surface area contributed by atoms with E-state index in [-0.39, 0.29) is 4.87 Å². The molecule has 0 atom stereocenters. The molecule has 1 aliphatic rings. The largest absolute Gasteiger partial charge is 0.377 e. The summed E-state index contributed by atoms with van der Waals surface area (Å²) < 4.78 is 5.19. The number of hydrogen-bond donors (Lipinski definition) is 0. The van der Waals surface area contributed by atoms with Crippen molar-refractivity contribution in [3.05, 3.63) is 47.5 Å². The molecule has 0 amide bonds. The van der Waals surface area contributed by atoms with Crippen LogP contribution in [0.25, 0.3) is 10.8 Å². The number of hydrogen-bond acceptors (Lipinski definition) is 1. The van der Waals surface area contributed by atoms with E-state index in [0.29, 0.717) is 13.2 Å². The fourth-order valence-electron chi connectivity index (χ4n) is 2.09. The summed E-state index contributed by atoms with van der Waals surface area (Å²) in [5.41, 5.74) is 2.45. The van der Waals surface area contributed by atoms with Crippen molar-refractivity contribution in [2.75, 3.05) is 13.2 Å². The highest BCUT2D eigenvalue weighted by Gasteiger charge is 2.38. The van der Waals surface area contributed by atoms with Crippen molar-refractivity contribution in [1.29, 1.82) is 0 Å². The van der Waals surface area contributed by atoms with E-state index >= 15 is 0 Å². The predicted octanol–water partition coefficient (Wildman–Crippen LogP) is 3.61. The maximum absolute atomic E-state index is 6.44. The van der Waals surface area contributed by atoms with Crippen LogP contribution in [-0.4, -0.2) is 13.2 Å². The summed E-state index contributed by atoms with van der Waals surface area (Å²) in [6.07, 6.45) is 0. The molecule has 0 aromatic heterocycles. The molecule has 3 rings (SSSR count). The van der Waals surface area contributed by atoms with Crippen molar-refractivity contribution >= 4 is 22.4 Å². The highest BCUT2D eigenvalue weighted by molar-refractivity contribution is 6.25. The van der Waals surface area contributed by atoms with Gasteiger partial charge in [-0.1, -0.05) is 35.9 Å². The molecule has 82 valence electrons. The minimum Gasteiger partial charge on any atom is -0.377 e. The second-order valence-electron chi connectivity index (χ2n) is 4.52. The Morgan fingerprint density at radius 3 is 2.44 bits per heavy atom. The highest BCUT2D eigenvalue weighted by Crippen LogP contribution is 2.37. The van der Waals surface area contributed by atoms with E-state index in [0.717, 1.165) is 5.56 Å². The zero-order chi connectivity index (χ0) is 11.2. The van der Waals surface area contributed by atoms with Crippen molar-refractivity contribution < 1.29 is 4.74 Å². The molecule has 0 aliphatic carbocycles. The summed E-state index contributed by atoms with van der Waals surface area (Å²) in [5.74, 6) is 0. The molecule has 1 aliphatic heterocycles. The molecule has 2 aromatic carbocycles. The molecule has 1 fully saturated rings. The summed E-state index contributed by atoms with van der Waals surface area (Å²) in [5, 5.41) is 2.51. The van der Waals surface area contributed by atoms with Gasteiger partial charge in [0.1, 0.15) is 4.87 Å². The monoisotopic (exact) mass is 232 g/mol. The number of rotatable bonds is 1. The molecule has 0 radical (unpaired) electrons. The van der Waals surface area contributed by atoms with Crippen LogP contribution in [0.2, 0.25) is 0 Å². The van der Waals surface area contributed by atoms with Gasteiger partial charge in [0.2, 0.25) is 0 Å². The first-order valence-corrected chi connectivity index (χ1v) is 5.83. The summed E-state index contributed by atoms with van der Waals surface area (Å²) in [6, 6.07) is 12.9. The Kier molecular flexibility index (Phi) is 2.20. The maximum Gasteiger partial charge on any atom is 0.116 e. The minimum absolute atomic E-state index is 0.293. The van der Waals surface area contributed by atoms with Crippen LogP contribution in [0.4, 0.5) is 0 Å². The number of alkyl halides is 1. The normalized spacial score (nSPS) is 18.4. The third kappa shape index (κ3) is 1.51. The molecule has 1 heterocycles. The van der Waals surface area contributed by atoms with Gasteiger partial charge in [-0.25, -0.2) is 0 Å². The number of halogens is 1. The lowest BCUT2D eigenvalue weighted by atomic mass is 9.94. The number of benzene rings is 2. The molecule has 0 spiro atoms. The van der Waals surface area contributed by atoms with Gasteiger partial charge in [0.05, 0.1) is 13.2 Å². The van der Waals surface area contributed by atoms with Crippen LogP contribution in [-0.2, 0) is 9.61 Å². The standard InChI is InChI=1S/C14H13ClO/c1-10-2-3-12-7-13(5-4-11(12)6-10)14(15)8-16-9-14/h2-7H,8-9H2,1H3. The fourth-order valence-corrected chi connectivity index (χ4v) is 2.36. The van der Waals surface area contributed by atoms with Gasteiger partial charge in [-0.3, -0.25) is 0 Å².